The first kappa shape index (κ1) is 12.1. The molecule has 1 aliphatic rings. The van der Waals surface area contributed by atoms with Crippen molar-refractivity contribution in [3.63, 3.8) is 0 Å². The molecule has 0 bridgehead atoms. The Morgan fingerprint density at radius 1 is 1.47 bits per heavy atom. The van der Waals surface area contributed by atoms with Crippen LogP contribution in [0.25, 0.3) is 0 Å². The number of rotatable bonds is 4. The highest BCUT2D eigenvalue weighted by Gasteiger charge is 2.26. The van der Waals surface area contributed by atoms with Gasteiger partial charge in [0, 0.05) is 18.5 Å². The molecule has 0 spiro atoms. The molecule has 0 unspecified atom stereocenters. The van der Waals surface area contributed by atoms with E-state index in [1.54, 1.807) is 0 Å². The molecule has 1 aromatic heterocycles. The highest BCUT2D eigenvalue weighted by atomic mass is 16.1. The molecule has 0 radical (unpaired) electrons. The van der Waals surface area contributed by atoms with Gasteiger partial charge in [0.1, 0.15) is 11.6 Å². The van der Waals surface area contributed by atoms with Crippen molar-refractivity contribution in [2.24, 2.45) is 5.41 Å². The first-order chi connectivity index (χ1) is 7.94. The second-order valence-corrected chi connectivity index (χ2v) is 6.03. The van der Waals surface area contributed by atoms with Crippen LogP contribution in [0.5, 0.6) is 0 Å². The van der Waals surface area contributed by atoms with Crippen molar-refractivity contribution in [1.82, 2.24) is 9.97 Å². The van der Waals surface area contributed by atoms with E-state index in [0.29, 0.717) is 17.2 Å². The van der Waals surface area contributed by atoms with Crippen molar-refractivity contribution in [3.8, 4) is 0 Å². The number of hydrogen-bond donors (Lipinski definition) is 2. The van der Waals surface area contributed by atoms with Gasteiger partial charge in [-0.2, -0.15) is 0 Å². The largest absolute Gasteiger partial charge is 0.370 e. The number of anilines is 1. The van der Waals surface area contributed by atoms with Crippen molar-refractivity contribution < 1.29 is 0 Å². The Labute approximate surface area is 102 Å². The lowest BCUT2D eigenvalue weighted by molar-refractivity contribution is 0.389. The minimum Gasteiger partial charge on any atom is -0.370 e. The third-order valence-electron chi connectivity index (χ3n) is 2.91. The average Bonchev–Trinajstić information content (AvgIpc) is 2.97. The zero-order valence-corrected chi connectivity index (χ0v) is 10.8. The molecule has 1 aliphatic carbocycles. The zero-order chi connectivity index (χ0) is 12.5. The van der Waals surface area contributed by atoms with Gasteiger partial charge >= 0.3 is 0 Å². The fourth-order valence-electron chi connectivity index (χ4n) is 1.68. The molecule has 0 atom stereocenters. The zero-order valence-electron chi connectivity index (χ0n) is 10.8. The molecule has 1 aromatic rings. The second kappa shape index (κ2) is 4.51. The highest BCUT2D eigenvalue weighted by molar-refractivity contribution is 5.33. The van der Waals surface area contributed by atoms with E-state index >= 15 is 0 Å². The van der Waals surface area contributed by atoms with E-state index in [2.05, 4.69) is 36.1 Å². The SMILES string of the molecule is CC(C)(C)CCNc1cc(=O)[nH]c(C2CC2)n1. The van der Waals surface area contributed by atoms with E-state index in [0.717, 1.165) is 31.6 Å². The van der Waals surface area contributed by atoms with Crippen LogP contribution in [0, 0.1) is 5.41 Å². The number of aromatic nitrogens is 2. The maximum atomic E-state index is 11.5. The van der Waals surface area contributed by atoms with Crippen LogP contribution in [0.2, 0.25) is 0 Å². The molecule has 4 nitrogen and oxygen atoms in total. The fourth-order valence-corrected chi connectivity index (χ4v) is 1.68. The molecule has 2 rings (SSSR count). The minimum absolute atomic E-state index is 0.0554. The van der Waals surface area contributed by atoms with Crippen LogP contribution in [-0.4, -0.2) is 16.5 Å². The summed E-state index contributed by atoms with van der Waals surface area (Å²) < 4.78 is 0. The van der Waals surface area contributed by atoms with Crippen molar-refractivity contribution in [1.29, 1.82) is 0 Å². The van der Waals surface area contributed by atoms with Crippen LogP contribution < -0.4 is 10.9 Å². The molecule has 1 saturated carbocycles. The van der Waals surface area contributed by atoms with Gasteiger partial charge in [-0.3, -0.25) is 4.79 Å². The lowest BCUT2D eigenvalue weighted by Crippen LogP contribution is -2.17. The summed E-state index contributed by atoms with van der Waals surface area (Å²) in [6.07, 6.45) is 3.35. The van der Waals surface area contributed by atoms with Gasteiger partial charge in [0.15, 0.2) is 0 Å². The molecular formula is C13H21N3O. The summed E-state index contributed by atoms with van der Waals surface area (Å²) in [4.78, 5) is 18.7. The molecule has 94 valence electrons. The van der Waals surface area contributed by atoms with E-state index < -0.39 is 0 Å². The molecule has 0 saturated heterocycles. The van der Waals surface area contributed by atoms with Crippen LogP contribution in [0.3, 0.4) is 0 Å². The van der Waals surface area contributed by atoms with Gasteiger partial charge in [-0.05, 0) is 24.7 Å². The van der Waals surface area contributed by atoms with Crippen molar-refractivity contribution in [2.45, 2.75) is 46.0 Å². The van der Waals surface area contributed by atoms with Crippen LogP contribution in [0.4, 0.5) is 5.82 Å². The summed E-state index contributed by atoms with van der Waals surface area (Å²) in [7, 11) is 0. The van der Waals surface area contributed by atoms with Gasteiger partial charge in [-0.1, -0.05) is 20.8 Å². The summed E-state index contributed by atoms with van der Waals surface area (Å²) in [5, 5.41) is 3.23. The monoisotopic (exact) mass is 235 g/mol. The van der Waals surface area contributed by atoms with Crippen LogP contribution in [-0.2, 0) is 0 Å². The molecule has 17 heavy (non-hydrogen) atoms. The average molecular weight is 235 g/mol. The van der Waals surface area contributed by atoms with Gasteiger partial charge in [-0.25, -0.2) is 4.98 Å². The number of nitrogens with one attached hydrogen (secondary N) is 2. The molecular weight excluding hydrogens is 214 g/mol. The molecule has 1 heterocycles. The van der Waals surface area contributed by atoms with Crippen molar-refractivity contribution >= 4 is 5.82 Å². The Morgan fingerprint density at radius 3 is 2.76 bits per heavy atom. The molecule has 0 aliphatic heterocycles. The van der Waals surface area contributed by atoms with Gasteiger partial charge < -0.3 is 10.3 Å². The standard InChI is InChI=1S/C13H21N3O/c1-13(2,3)6-7-14-10-8-11(17)16-12(15-10)9-4-5-9/h8-9H,4-7H2,1-3H3,(H2,14,15,16,17). The maximum Gasteiger partial charge on any atom is 0.252 e. The minimum atomic E-state index is -0.0554. The maximum absolute atomic E-state index is 11.5. The van der Waals surface area contributed by atoms with Crippen LogP contribution >= 0.6 is 0 Å². The Morgan fingerprint density at radius 2 is 2.18 bits per heavy atom. The molecule has 2 N–H and O–H groups in total. The van der Waals surface area contributed by atoms with E-state index in [9.17, 15) is 4.79 Å². The number of nitrogens with zero attached hydrogens (tertiary/aromatic N) is 1. The summed E-state index contributed by atoms with van der Waals surface area (Å²) in [5.74, 6) is 2.03. The van der Waals surface area contributed by atoms with Gasteiger partial charge in [-0.15, -0.1) is 0 Å². The lowest BCUT2D eigenvalue weighted by atomic mass is 9.92. The summed E-state index contributed by atoms with van der Waals surface area (Å²) in [5.41, 5.74) is 0.244. The first-order valence-corrected chi connectivity index (χ1v) is 6.29. The highest BCUT2D eigenvalue weighted by Crippen LogP contribution is 2.37. The molecule has 4 heteroatoms. The van der Waals surface area contributed by atoms with Gasteiger partial charge in [0.05, 0.1) is 0 Å². The molecule has 0 aromatic carbocycles. The van der Waals surface area contributed by atoms with E-state index in [4.69, 9.17) is 0 Å². The number of hydrogen-bond acceptors (Lipinski definition) is 3. The third-order valence-corrected chi connectivity index (χ3v) is 2.91. The predicted octanol–water partition coefficient (Wildman–Crippen LogP) is 2.50. The fraction of sp³-hybridized carbons (Fsp3) is 0.692. The Bertz CT molecular complexity index is 441. The second-order valence-electron chi connectivity index (χ2n) is 6.03. The van der Waals surface area contributed by atoms with E-state index in [1.165, 1.54) is 6.07 Å². The Hall–Kier alpha value is -1.32. The van der Waals surface area contributed by atoms with Crippen LogP contribution in [0.1, 0.15) is 51.8 Å². The normalized spacial score (nSPS) is 15.9. The lowest BCUT2D eigenvalue weighted by Gasteiger charge is -2.18. The molecule has 0 amide bonds. The van der Waals surface area contributed by atoms with E-state index in [1.807, 2.05) is 0 Å². The third kappa shape index (κ3) is 3.88. The van der Waals surface area contributed by atoms with Crippen molar-refractivity contribution in [2.75, 3.05) is 11.9 Å². The summed E-state index contributed by atoms with van der Waals surface area (Å²) in [6, 6.07) is 1.54. The van der Waals surface area contributed by atoms with Crippen LogP contribution in [0.15, 0.2) is 10.9 Å². The number of aromatic amines is 1. The Kier molecular flexibility index (Phi) is 3.22. The topological polar surface area (TPSA) is 57.8 Å². The van der Waals surface area contributed by atoms with Gasteiger partial charge in [0.2, 0.25) is 0 Å². The first-order valence-electron chi connectivity index (χ1n) is 6.29. The van der Waals surface area contributed by atoms with Gasteiger partial charge in [0.25, 0.3) is 5.56 Å². The van der Waals surface area contributed by atoms with Crippen molar-refractivity contribution in [3.05, 3.63) is 22.2 Å². The predicted molar refractivity (Wildman–Crippen MR) is 69.4 cm³/mol. The quantitative estimate of drug-likeness (QED) is 0.843. The van der Waals surface area contributed by atoms with E-state index in [-0.39, 0.29) is 5.56 Å². The number of H-pyrrole nitrogens is 1. The summed E-state index contributed by atoms with van der Waals surface area (Å²) in [6.45, 7) is 7.46. The molecule has 1 fully saturated rings. The Balaban J connectivity index is 1.98. The summed E-state index contributed by atoms with van der Waals surface area (Å²) >= 11 is 0. The smallest absolute Gasteiger partial charge is 0.252 e.